The van der Waals surface area contributed by atoms with Crippen molar-refractivity contribution < 1.29 is 27.8 Å². The van der Waals surface area contributed by atoms with Crippen molar-refractivity contribution in [2.24, 2.45) is 0 Å². The number of nitrogen functional groups attached to an aromatic ring is 1. The molecule has 1 saturated heterocycles. The summed E-state index contributed by atoms with van der Waals surface area (Å²) in [4.78, 5) is 37.6. The lowest BCUT2D eigenvalue weighted by Gasteiger charge is -2.33. The molecule has 3 aromatic heterocycles. The Labute approximate surface area is 220 Å². The van der Waals surface area contributed by atoms with Crippen LogP contribution in [0.3, 0.4) is 0 Å². The monoisotopic (exact) mass is 547 g/mol. The second-order valence-electron chi connectivity index (χ2n) is 9.79. The maximum atomic E-state index is 14.4. The molecule has 2 aliphatic rings. The molecule has 11 nitrogen and oxygen atoms in total. The van der Waals surface area contributed by atoms with E-state index in [-0.39, 0.29) is 23.4 Å². The number of carbonyl (C=O) groups excluding carboxylic acids is 2. The number of alkyl halides is 2. The highest BCUT2D eigenvalue weighted by Gasteiger charge is 2.46. The second kappa shape index (κ2) is 9.66. The molecule has 0 bridgehead atoms. The minimum Gasteiger partial charge on any atom is -0.461 e. The fourth-order valence-electron chi connectivity index (χ4n) is 4.86. The Morgan fingerprint density at radius 2 is 2.13 bits per heavy atom. The molecule has 0 saturated carbocycles. The van der Waals surface area contributed by atoms with E-state index in [1.54, 1.807) is 10.9 Å². The van der Waals surface area contributed by atoms with Gasteiger partial charge in [0.15, 0.2) is 17.1 Å². The van der Waals surface area contributed by atoms with E-state index in [1.165, 1.54) is 6.92 Å². The maximum Gasteiger partial charge on any atom is 0.385 e. The number of halogens is 2. The predicted octanol–water partition coefficient (Wildman–Crippen LogP) is 3.82. The number of thiazole rings is 1. The Balaban J connectivity index is 1.55. The number of carbonyl (C=O) groups is 2. The molecule has 3 aromatic rings. The van der Waals surface area contributed by atoms with Crippen LogP contribution in [0.4, 0.5) is 19.9 Å². The summed E-state index contributed by atoms with van der Waals surface area (Å²) in [5.74, 6) is -6.18. The first-order chi connectivity index (χ1) is 18.0. The van der Waals surface area contributed by atoms with Crippen LogP contribution in [0, 0.1) is 0 Å². The molecule has 1 aliphatic heterocycles. The first kappa shape index (κ1) is 26.1. The van der Waals surface area contributed by atoms with Gasteiger partial charge >= 0.3 is 11.9 Å². The van der Waals surface area contributed by atoms with E-state index in [0.717, 1.165) is 35.1 Å². The highest BCUT2D eigenvalue weighted by atomic mass is 32.1. The fourth-order valence-corrected chi connectivity index (χ4v) is 5.59. The molecule has 1 unspecified atom stereocenters. The van der Waals surface area contributed by atoms with Gasteiger partial charge in [0.1, 0.15) is 5.69 Å². The largest absolute Gasteiger partial charge is 0.461 e. The van der Waals surface area contributed by atoms with Crippen molar-refractivity contribution in [3.63, 3.8) is 0 Å². The van der Waals surface area contributed by atoms with Gasteiger partial charge in [0.2, 0.25) is 5.95 Å². The van der Waals surface area contributed by atoms with Crippen LogP contribution in [0.15, 0.2) is 11.6 Å². The van der Waals surface area contributed by atoms with Gasteiger partial charge in [0, 0.05) is 23.7 Å². The Morgan fingerprint density at radius 3 is 2.84 bits per heavy atom. The van der Waals surface area contributed by atoms with Crippen LogP contribution in [0.1, 0.15) is 73.6 Å². The molecule has 0 radical (unpaired) electrons. The number of hydrogen-bond donors (Lipinski definition) is 2. The first-order valence-corrected chi connectivity index (χ1v) is 13.1. The third-order valence-corrected chi connectivity index (χ3v) is 7.31. The van der Waals surface area contributed by atoms with Crippen molar-refractivity contribution in [1.29, 1.82) is 0 Å². The molecule has 14 heteroatoms. The smallest absolute Gasteiger partial charge is 0.385 e. The number of ether oxygens (including phenoxy) is 2. The number of fused-ring (bicyclic) bond motifs is 3. The number of rotatable bonds is 6. The third kappa shape index (κ3) is 4.51. The molecule has 0 spiro atoms. The topological polar surface area (TPSA) is 147 Å². The average Bonchev–Trinajstić information content (AvgIpc) is 3.52. The molecular formula is C24H27F2N7O4S. The van der Waals surface area contributed by atoms with Gasteiger partial charge in [0.05, 0.1) is 18.0 Å². The summed E-state index contributed by atoms with van der Waals surface area (Å²) in [6, 6.07) is 0. The number of hydrogen-bond acceptors (Lipinski definition) is 10. The van der Waals surface area contributed by atoms with Gasteiger partial charge in [-0.1, -0.05) is 13.8 Å². The quantitative estimate of drug-likeness (QED) is 0.440. The van der Waals surface area contributed by atoms with E-state index >= 15 is 0 Å². The number of anilines is 2. The van der Waals surface area contributed by atoms with E-state index in [0.29, 0.717) is 36.4 Å². The highest BCUT2D eigenvalue weighted by Crippen LogP contribution is 2.46. The number of nitrogens with one attached hydrogen (secondary N) is 1. The lowest BCUT2D eigenvalue weighted by molar-refractivity contribution is -0.173. The van der Waals surface area contributed by atoms with Crippen LogP contribution in [-0.2, 0) is 32.0 Å². The zero-order valence-corrected chi connectivity index (χ0v) is 21.9. The number of nitrogens with zero attached hydrogens (tertiary/aromatic N) is 5. The van der Waals surface area contributed by atoms with Gasteiger partial charge in [-0.05, 0) is 43.6 Å². The number of aromatic nitrogens is 5. The fraction of sp³-hybridized carbons (Fsp3) is 0.500. The number of amides is 1. The average molecular weight is 548 g/mol. The van der Waals surface area contributed by atoms with Crippen molar-refractivity contribution in [1.82, 2.24) is 24.7 Å². The standard InChI is InChI=1S/C24H27F2N7O4S/c1-4-36-20(35)24(25,26)13-11-38-22(29-13)31-19(34)17-15-18(33(32-17)14-7-5-6-8-37-14)16-12(9-23(15,2)3)10-28-21(27)30-16/h10-11,14H,4-9H2,1-3H3,(H2,27,28,30)(H,29,31,34). The normalized spacial score (nSPS) is 18.4. The molecule has 1 aliphatic carbocycles. The first-order valence-electron chi connectivity index (χ1n) is 12.2. The second-order valence-corrected chi connectivity index (χ2v) is 10.6. The Bertz CT molecular complexity index is 1400. The van der Waals surface area contributed by atoms with Crippen molar-refractivity contribution in [2.45, 2.75) is 64.0 Å². The SMILES string of the molecule is CCOC(=O)C(F)(F)c1csc(NC(=O)c2nn(C3CCCCO3)c3c2C(C)(C)Cc2cnc(N)nc2-3)n1. The molecule has 1 fully saturated rings. The molecule has 5 rings (SSSR count). The van der Waals surface area contributed by atoms with Gasteiger partial charge in [0.25, 0.3) is 5.91 Å². The molecule has 1 amide bonds. The van der Waals surface area contributed by atoms with Crippen LogP contribution < -0.4 is 11.1 Å². The highest BCUT2D eigenvalue weighted by molar-refractivity contribution is 7.14. The summed E-state index contributed by atoms with van der Waals surface area (Å²) >= 11 is 0.770. The summed E-state index contributed by atoms with van der Waals surface area (Å²) in [5, 5.41) is 8.15. The lowest BCUT2D eigenvalue weighted by Crippen LogP contribution is -2.30. The number of esters is 1. The Morgan fingerprint density at radius 1 is 1.34 bits per heavy atom. The van der Waals surface area contributed by atoms with Crippen molar-refractivity contribution >= 4 is 34.3 Å². The van der Waals surface area contributed by atoms with Crippen LogP contribution in [0.25, 0.3) is 11.4 Å². The molecular weight excluding hydrogens is 520 g/mol. The Hall–Kier alpha value is -3.52. The summed E-state index contributed by atoms with van der Waals surface area (Å²) < 4.78 is 41.0. The molecule has 4 heterocycles. The van der Waals surface area contributed by atoms with Crippen molar-refractivity contribution in [3.8, 4) is 11.4 Å². The van der Waals surface area contributed by atoms with Gasteiger partial charge in [-0.3, -0.25) is 10.1 Å². The van der Waals surface area contributed by atoms with Crippen molar-refractivity contribution in [3.05, 3.63) is 34.1 Å². The van der Waals surface area contributed by atoms with Crippen LogP contribution in [-0.4, -0.2) is 49.8 Å². The van der Waals surface area contributed by atoms with Crippen LogP contribution in [0.5, 0.6) is 0 Å². The van der Waals surface area contributed by atoms with E-state index in [2.05, 4.69) is 30.1 Å². The van der Waals surface area contributed by atoms with E-state index < -0.39 is 35.1 Å². The molecule has 1 atom stereocenters. The predicted molar refractivity (Wildman–Crippen MR) is 134 cm³/mol. The van der Waals surface area contributed by atoms with E-state index in [4.69, 9.17) is 10.5 Å². The molecule has 0 aromatic carbocycles. The zero-order valence-electron chi connectivity index (χ0n) is 21.1. The van der Waals surface area contributed by atoms with E-state index in [9.17, 15) is 18.4 Å². The maximum absolute atomic E-state index is 14.4. The minimum atomic E-state index is -3.94. The molecule has 38 heavy (non-hydrogen) atoms. The number of nitrogens with two attached hydrogens (primary N) is 1. The summed E-state index contributed by atoms with van der Waals surface area (Å²) in [6.45, 7) is 5.75. The molecule has 3 N–H and O–H groups in total. The summed E-state index contributed by atoms with van der Waals surface area (Å²) in [7, 11) is 0. The van der Waals surface area contributed by atoms with Gasteiger partial charge < -0.3 is 15.2 Å². The minimum absolute atomic E-state index is 0.0931. The van der Waals surface area contributed by atoms with E-state index in [1.807, 2.05) is 13.8 Å². The summed E-state index contributed by atoms with van der Waals surface area (Å²) in [6.07, 6.45) is 4.35. The van der Waals surface area contributed by atoms with Crippen molar-refractivity contribution in [2.75, 3.05) is 24.3 Å². The third-order valence-electron chi connectivity index (χ3n) is 6.55. The van der Waals surface area contributed by atoms with Gasteiger partial charge in [-0.25, -0.2) is 24.4 Å². The van der Waals surface area contributed by atoms with Crippen LogP contribution >= 0.6 is 11.3 Å². The van der Waals surface area contributed by atoms with Crippen LogP contribution in [0.2, 0.25) is 0 Å². The summed E-state index contributed by atoms with van der Waals surface area (Å²) in [5.41, 5.74) is 7.38. The Kier molecular flexibility index (Phi) is 6.63. The zero-order chi connectivity index (χ0) is 27.2. The molecule has 202 valence electrons. The van der Waals surface area contributed by atoms with Gasteiger partial charge in [-0.15, -0.1) is 11.3 Å². The van der Waals surface area contributed by atoms with Gasteiger partial charge in [-0.2, -0.15) is 13.9 Å². The lowest BCUT2D eigenvalue weighted by atomic mass is 9.73.